The summed E-state index contributed by atoms with van der Waals surface area (Å²) in [6.07, 6.45) is -0.435. The SMILES string of the molecule is COCCOCC(=O)N[C@@H](CC(=O)OC)C(=O)O. The van der Waals surface area contributed by atoms with Crippen molar-refractivity contribution in [3.63, 3.8) is 0 Å². The molecule has 0 radical (unpaired) electrons. The third-order valence-electron chi connectivity index (χ3n) is 1.90. The van der Waals surface area contributed by atoms with Crippen LogP contribution in [0, 0.1) is 0 Å². The first-order chi connectivity index (χ1) is 8.51. The Morgan fingerprint density at radius 3 is 2.39 bits per heavy atom. The van der Waals surface area contributed by atoms with E-state index in [0.717, 1.165) is 7.11 Å². The molecular formula is C10H17NO7. The van der Waals surface area contributed by atoms with Crippen LogP contribution < -0.4 is 5.32 Å². The molecule has 0 spiro atoms. The van der Waals surface area contributed by atoms with Gasteiger partial charge in [0.2, 0.25) is 5.91 Å². The van der Waals surface area contributed by atoms with Gasteiger partial charge in [-0.25, -0.2) is 4.79 Å². The lowest BCUT2D eigenvalue weighted by molar-refractivity contribution is -0.149. The van der Waals surface area contributed by atoms with Gasteiger partial charge in [-0.1, -0.05) is 0 Å². The minimum atomic E-state index is -1.32. The fourth-order valence-electron chi connectivity index (χ4n) is 0.993. The molecule has 0 aliphatic rings. The lowest BCUT2D eigenvalue weighted by atomic mass is 10.2. The largest absolute Gasteiger partial charge is 0.480 e. The normalized spacial score (nSPS) is 11.7. The van der Waals surface area contributed by atoms with Crippen molar-refractivity contribution < 1.29 is 33.7 Å². The van der Waals surface area contributed by atoms with Crippen molar-refractivity contribution in [1.29, 1.82) is 0 Å². The van der Waals surface area contributed by atoms with E-state index in [1.165, 1.54) is 7.11 Å². The number of methoxy groups -OCH3 is 2. The van der Waals surface area contributed by atoms with Crippen LogP contribution in [0.2, 0.25) is 0 Å². The van der Waals surface area contributed by atoms with E-state index in [4.69, 9.17) is 14.6 Å². The molecule has 1 atom stereocenters. The number of carbonyl (C=O) groups is 3. The van der Waals surface area contributed by atoms with Crippen LogP contribution in [-0.2, 0) is 28.6 Å². The van der Waals surface area contributed by atoms with Crippen molar-refractivity contribution in [1.82, 2.24) is 5.32 Å². The maximum absolute atomic E-state index is 11.3. The number of aliphatic carboxylic acids is 1. The first kappa shape index (κ1) is 16.3. The summed E-state index contributed by atoms with van der Waals surface area (Å²) in [6.45, 7) is 0.255. The van der Waals surface area contributed by atoms with Gasteiger partial charge in [-0.2, -0.15) is 0 Å². The summed E-state index contributed by atoms with van der Waals surface area (Å²) in [5.74, 6) is -2.66. The average molecular weight is 263 g/mol. The smallest absolute Gasteiger partial charge is 0.326 e. The number of ether oxygens (including phenoxy) is 3. The summed E-state index contributed by atoms with van der Waals surface area (Å²) in [7, 11) is 2.62. The fraction of sp³-hybridized carbons (Fsp3) is 0.700. The van der Waals surface area contributed by atoms with Gasteiger partial charge in [-0.05, 0) is 0 Å². The van der Waals surface area contributed by atoms with Crippen molar-refractivity contribution in [2.24, 2.45) is 0 Å². The van der Waals surface area contributed by atoms with Crippen LogP contribution in [0.4, 0.5) is 0 Å². The van der Waals surface area contributed by atoms with E-state index < -0.39 is 30.3 Å². The van der Waals surface area contributed by atoms with E-state index in [-0.39, 0.29) is 13.2 Å². The molecule has 0 aromatic carbocycles. The second-order valence-corrected chi connectivity index (χ2v) is 3.28. The second kappa shape index (κ2) is 9.37. The van der Waals surface area contributed by atoms with Gasteiger partial charge in [0.15, 0.2) is 0 Å². The minimum absolute atomic E-state index is 0.221. The Balaban J connectivity index is 4.04. The monoisotopic (exact) mass is 263 g/mol. The van der Waals surface area contributed by atoms with E-state index >= 15 is 0 Å². The molecule has 1 amide bonds. The fourth-order valence-corrected chi connectivity index (χ4v) is 0.993. The zero-order valence-electron chi connectivity index (χ0n) is 10.3. The van der Waals surface area contributed by atoms with Crippen LogP contribution in [0.5, 0.6) is 0 Å². The molecule has 0 heterocycles. The maximum atomic E-state index is 11.3. The van der Waals surface area contributed by atoms with Crippen LogP contribution in [0.15, 0.2) is 0 Å². The Hall–Kier alpha value is -1.67. The Morgan fingerprint density at radius 2 is 1.89 bits per heavy atom. The summed E-state index contributed by atoms with van der Waals surface area (Å²) < 4.78 is 13.9. The highest BCUT2D eigenvalue weighted by Gasteiger charge is 2.23. The van der Waals surface area contributed by atoms with E-state index in [1.807, 2.05) is 0 Å². The van der Waals surface area contributed by atoms with E-state index in [2.05, 4.69) is 10.1 Å². The van der Waals surface area contributed by atoms with Gasteiger partial charge < -0.3 is 24.6 Å². The molecule has 0 aliphatic heterocycles. The highest BCUT2D eigenvalue weighted by atomic mass is 16.5. The van der Waals surface area contributed by atoms with Gasteiger partial charge in [0, 0.05) is 7.11 Å². The molecule has 2 N–H and O–H groups in total. The van der Waals surface area contributed by atoms with E-state index in [1.54, 1.807) is 0 Å². The molecule has 0 bridgehead atoms. The average Bonchev–Trinajstić information content (AvgIpc) is 2.33. The molecule has 0 saturated heterocycles. The molecule has 0 aliphatic carbocycles. The molecule has 104 valence electrons. The van der Waals surface area contributed by atoms with Crippen LogP contribution in [0.3, 0.4) is 0 Å². The number of rotatable bonds is 9. The number of amides is 1. The standard InChI is InChI=1S/C10H17NO7/c1-16-3-4-18-6-8(12)11-7(10(14)15)5-9(13)17-2/h7H,3-6H2,1-2H3,(H,11,12)(H,14,15)/t7-/m0/s1. The predicted octanol–water partition coefficient (Wildman–Crippen LogP) is -1.22. The highest BCUT2D eigenvalue weighted by molar-refractivity contribution is 5.87. The van der Waals surface area contributed by atoms with Crippen molar-refractivity contribution in [2.75, 3.05) is 34.0 Å². The molecule has 0 aromatic rings. The molecule has 0 fully saturated rings. The summed E-state index contributed by atoms with van der Waals surface area (Å²) in [5, 5.41) is 10.9. The van der Waals surface area contributed by atoms with Crippen LogP contribution in [0.25, 0.3) is 0 Å². The van der Waals surface area contributed by atoms with Gasteiger partial charge in [-0.3, -0.25) is 9.59 Å². The van der Waals surface area contributed by atoms with Crippen molar-refractivity contribution in [3.8, 4) is 0 Å². The number of hydrogen-bond donors (Lipinski definition) is 2. The molecular weight excluding hydrogens is 246 g/mol. The lowest BCUT2D eigenvalue weighted by Crippen LogP contribution is -2.44. The summed E-state index contributed by atoms with van der Waals surface area (Å²) in [6, 6.07) is -1.32. The summed E-state index contributed by atoms with van der Waals surface area (Å²) >= 11 is 0. The molecule has 8 heteroatoms. The predicted molar refractivity (Wildman–Crippen MR) is 58.9 cm³/mol. The number of hydrogen-bond acceptors (Lipinski definition) is 6. The second-order valence-electron chi connectivity index (χ2n) is 3.28. The van der Waals surface area contributed by atoms with Gasteiger partial charge in [0.1, 0.15) is 12.6 Å². The van der Waals surface area contributed by atoms with Crippen molar-refractivity contribution in [2.45, 2.75) is 12.5 Å². The minimum Gasteiger partial charge on any atom is -0.480 e. The van der Waals surface area contributed by atoms with Gasteiger partial charge in [0.05, 0.1) is 26.7 Å². The van der Waals surface area contributed by atoms with Crippen LogP contribution in [-0.4, -0.2) is 63.0 Å². The maximum Gasteiger partial charge on any atom is 0.326 e. The van der Waals surface area contributed by atoms with Gasteiger partial charge in [0.25, 0.3) is 0 Å². The van der Waals surface area contributed by atoms with Crippen molar-refractivity contribution in [3.05, 3.63) is 0 Å². The number of esters is 1. The van der Waals surface area contributed by atoms with Gasteiger partial charge >= 0.3 is 11.9 Å². The molecule has 18 heavy (non-hydrogen) atoms. The summed E-state index contributed by atoms with van der Waals surface area (Å²) in [4.78, 5) is 33.0. The van der Waals surface area contributed by atoms with E-state index in [0.29, 0.717) is 6.61 Å². The number of carboxylic acids is 1. The Labute approximate surface area is 104 Å². The Bertz CT molecular complexity index is 292. The number of carbonyl (C=O) groups excluding carboxylic acids is 2. The Kier molecular flexibility index (Phi) is 8.50. The molecule has 0 aromatic heterocycles. The third kappa shape index (κ3) is 7.58. The summed E-state index contributed by atoms with van der Waals surface area (Å²) in [5.41, 5.74) is 0. The molecule has 0 rings (SSSR count). The van der Waals surface area contributed by atoms with Crippen LogP contribution >= 0.6 is 0 Å². The van der Waals surface area contributed by atoms with Gasteiger partial charge in [-0.15, -0.1) is 0 Å². The van der Waals surface area contributed by atoms with Crippen LogP contribution in [0.1, 0.15) is 6.42 Å². The Morgan fingerprint density at radius 1 is 1.22 bits per heavy atom. The van der Waals surface area contributed by atoms with E-state index in [9.17, 15) is 14.4 Å². The zero-order valence-corrected chi connectivity index (χ0v) is 10.3. The number of nitrogens with one attached hydrogen (secondary N) is 1. The lowest BCUT2D eigenvalue weighted by Gasteiger charge is -2.13. The zero-order chi connectivity index (χ0) is 14.0. The third-order valence-corrected chi connectivity index (χ3v) is 1.90. The molecule has 8 nitrogen and oxygen atoms in total. The van der Waals surface area contributed by atoms with Crippen molar-refractivity contribution >= 4 is 17.8 Å². The highest BCUT2D eigenvalue weighted by Crippen LogP contribution is 1.95. The first-order valence-electron chi connectivity index (χ1n) is 5.17. The molecule has 0 saturated carbocycles. The first-order valence-corrected chi connectivity index (χ1v) is 5.17. The topological polar surface area (TPSA) is 111 Å². The molecule has 0 unspecified atom stereocenters. The number of carboxylic acid groups (broad SMARTS) is 1. The quantitative estimate of drug-likeness (QED) is 0.396.